The fraction of sp³-hybridized carbons (Fsp3) is 0.261. The minimum atomic E-state index is -0.408. The second-order valence-corrected chi connectivity index (χ2v) is 8.31. The number of halogens is 1. The average Bonchev–Trinajstić information content (AvgIpc) is 3.19. The van der Waals surface area contributed by atoms with E-state index in [0.717, 1.165) is 22.4 Å². The fourth-order valence-electron chi connectivity index (χ4n) is 4.12. The topological polar surface area (TPSA) is 113 Å². The van der Waals surface area contributed by atoms with E-state index in [4.69, 9.17) is 0 Å². The lowest BCUT2D eigenvalue weighted by molar-refractivity contribution is 0.630. The molecule has 0 amide bonds. The summed E-state index contributed by atoms with van der Waals surface area (Å²) in [4.78, 5) is 7.68. The number of fused-ring (bicyclic) bond motifs is 1. The molecule has 0 spiro atoms. The van der Waals surface area contributed by atoms with E-state index in [-0.39, 0.29) is 0 Å². The van der Waals surface area contributed by atoms with E-state index in [9.17, 15) is 4.39 Å². The van der Waals surface area contributed by atoms with Crippen LogP contribution in [-0.2, 0) is 13.5 Å². The Bertz CT molecular complexity index is 1470. The molecule has 5 aromatic rings. The largest absolute Gasteiger partial charge is 0.325 e. The van der Waals surface area contributed by atoms with E-state index in [1.807, 2.05) is 32.3 Å². The predicted molar refractivity (Wildman–Crippen MR) is 123 cm³/mol. The maximum atomic E-state index is 14.9. The van der Waals surface area contributed by atoms with E-state index in [2.05, 4.69) is 40.8 Å². The number of aryl methyl sites for hydroxylation is 2. The maximum Gasteiger partial charge on any atom is 0.225 e. The lowest BCUT2D eigenvalue weighted by Crippen LogP contribution is -2.02. The molecule has 3 N–H and O–H groups in total. The summed E-state index contributed by atoms with van der Waals surface area (Å²) < 4.78 is 16.5. The number of aromatic nitrogens is 8. The smallest absolute Gasteiger partial charge is 0.225 e. The number of hydrogen-bond acceptors (Lipinski definition) is 6. The molecular formula is C23H22FN9. The zero-order chi connectivity index (χ0) is 22.5. The average molecular weight is 443 g/mol. The third-order valence-corrected chi connectivity index (χ3v) is 6.01. The third kappa shape index (κ3) is 3.43. The summed E-state index contributed by atoms with van der Waals surface area (Å²) in [7, 11) is 1.82. The first kappa shape index (κ1) is 19.6. The Morgan fingerprint density at radius 3 is 2.82 bits per heavy atom. The van der Waals surface area contributed by atoms with Crippen molar-refractivity contribution < 1.29 is 4.39 Å². The van der Waals surface area contributed by atoms with Crippen LogP contribution in [0.3, 0.4) is 0 Å². The quantitative estimate of drug-likeness (QED) is 0.357. The number of H-pyrrole nitrogens is 2. The molecule has 10 heteroatoms. The van der Waals surface area contributed by atoms with E-state index < -0.39 is 5.82 Å². The molecule has 0 unspecified atom stereocenters. The summed E-state index contributed by atoms with van der Waals surface area (Å²) in [6, 6.07) is 8.94. The van der Waals surface area contributed by atoms with Gasteiger partial charge in [-0.2, -0.15) is 10.1 Å². The molecule has 0 bridgehead atoms. The van der Waals surface area contributed by atoms with Crippen LogP contribution in [-0.4, -0.2) is 40.1 Å². The zero-order valence-electron chi connectivity index (χ0n) is 18.2. The standard InChI is InChI=1S/C23H22FN9/c1-3-19-27-22(31-30-19)14-7-6-13(10-16(14)24)21-28-23(33(2)32-21)26-18-9-8-17-15(11-25-29-17)20(18)12-4-5-12/h6-12H,3-5H2,1-2H3,(H,25,29)(H,26,28,32)(H,27,30,31). The fourth-order valence-corrected chi connectivity index (χ4v) is 4.12. The lowest BCUT2D eigenvalue weighted by Gasteiger charge is -2.11. The Balaban J connectivity index is 1.32. The van der Waals surface area contributed by atoms with Crippen molar-refractivity contribution in [3.63, 3.8) is 0 Å². The van der Waals surface area contributed by atoms with Crippen LogP contribution in [0.5, 0.6) is 0 Å². The van der Waals surface area contributed by atoms with Crippen molar-refractivity contribution in [3.05, 3.63) is 53.7 Å². The minimum Gasteiger partial charge on any atom is -0.325 e. The summed E-state index contributed by atoms with van der Waals surface area (Å²) in [5.74, 6) is 2.27. The van der Waals surface area contributed by atoms with Gasteiger partial charge in [0.1, 0.15) is 11.6 Å². The van der Waals surface area contributed by atoms with Gasteiger partial charge in [0.05, 0.1) is 17.3 Å². The van der Waals surface area contributed by atoms with Crippen LogP contribution in [0.2, 0.25) is 0 Å². The maximum absolute atomic E-state index is 14.9. The summed E-state index contributed by atoms with van der Waals surface area (Å²) in [6.07, 6.45) is 4.91. The van der Waals surface area contributed by atoms with Gasteiger partial charge in [0, 0.05) is 30.1 Å². The number of nitrogens with one attached hydrogen (secondary N) is 3. The molecule has 3 aromatic heterocycles. The Morgan fingerprint density at radius 2 is 2.06 bits per heavy atom. The van der Waals surface area contributed by atoms with E-state index in [1.165, 1.54) is 24.5 Å². The first-order valence-electron chi connectivity index (χ1n) is 11.0. The van der Waals surface area contributed by atoms with Crippen LogP contribution >= 0.6 is 0 Å². The number of rotatable bonds is 6. The molecule has 3 heterocycles. The molecule has 2 aromatic carbocycles. The van der Waals surface area contributed by atoms with Gasteiger partial charge in [-0.1, -0.05) is 13.0 Å². The van der Waals surface area contributed by atoms with Gasteiger partial charge in [-0.05, 0) is 48.6 Å². The van der Waals surface area contributed by atoms with Gasteiger partial charge in [0.2, 0.25) is 5.95 Å². The molecule has 0 aliphatic heterocycles. The number of aromatic amines is 2. The van der Waals surface area contributed by atoms with E-state index in [1.54, 1.807) is 16.8 Å². The summed E-state index contributed by atoms with van der Waals surface area (Å²) in [5, 5.41) is 24.3. The second-order valence-electron chi connectivity index (χ2n) is 8.31. The molecule has 1 saturated carbocycles. The minimum absolute atomic E-state index is 0.364. The number of anilines is 2. The zero-order valence-corrected chi connectivity index (χ0v) is 18.2. The highest BCUT2D eigenvalue weighted by Crippen LogP contribution is 2.47. The molecule has 1 aliphatic rings. The van der Waals surface area contributed by atoms with Crippen molar-refractivity contribution in [1.82, 2.24) is 40.1 Å². The third-order valence-electron chi connectivity index (χ3n) is 6.01. The second kappa shape index (κ2) is 7.51. The Hall–Kier alpha value is -4.08. The molecule has 33 heavy (non-hydrogen) atoms. The van der Waals surface area contributed by atoms with Crippen LogP contribution in [0.15, 0.2) is 36.5 Å². The predicted octanol–water partition coefficient (Wildman–Crippen LogP) is 4.47. The van der Waals surface area contributed by atoms with Gasteiger partial charge in [-0.3, -0.25) is 5.10 Å². The SMILES string of the molecule is CCc1nnc(-c2ccc(-c3nc(Nc4ccc5[nH]ncc5c4C4CC4)n(C)n3)cc2F)[nH]1. The van der Waals surface area contributed by atoms with Crippen molar-refractivity contribution in [3.8, 4) is 22.8 Å². The van der Waals surface area contributed by atoms with Crippen molar-refractivity contribution in [2.75, 3.05) is 5.32 Å². The first-order chi connectivity index (χ1) is 16.1. The van der Waals surface area contributed by atoms with Crippen LogP contribution in [0, 0.1) is 5.82 Å². The van der Waals surface area contributed by atoms with Crippen LogP contribution in [0.4, 0.5) is 16.0 Å². The van der Waals surface area contributed by atoms with Gasteiger partial charge in [0.25, 0.3) is 0 Å². The normalized spacial score (nSPS) is 13.7. The first-order valence-corrected chi connectivity index (χ1v) is 11.0. The molecule has 0 radical (unpaired) electrons. The van der Waals surface area contributed by atoms with Crippen molar-refractivity contribution >= 4 is 22.5 Å². The number of nitrogens with zero attached hydrogens (tertiary/aromatic N) is 6. The van der Waals surface area contributed by atoms with Crippen LogP contribution in [0.1, 0.15) is 37.1 Å². The van der Waals surface area contributed by atoms with Crippen LogP contribution < -0.4 is 5.32 Å². The van der Waals surface area contributed by atoms with Gasteiger partial charge in [-0.15, -0.1) is 15.3 Å². The number of hydrogen-bond donors (Lipinski definition) is 3. The monoisotopic (exact) mass is 443 g/mol. The highest BCUT2D eigenvalue weighted by atomic mass is 19.1. The number of benzene rings is 2. The van der Waals surface area contributed by atoms with E-state index >= 15 is 0 Å². The lowest BCUT2D eigenvalue weighted by atomic mass is 10.0. The molecule has 1 aliphatic carbocycles. The van der Waals surface area contributed by atoms with Gasteiger partial charge in [-0.25, -0.2) is 9.07 Å². The molecule has 6 rings (SSSR count). The summed E-state index contributed by atoms with van der Waals surface area (Å²) >= 11 is 0. The Morgan fingerprint density at radius 1 is 1.18 bits per heavy atom. The highest BCUT2D eigenvalue weighted by Gasteiger charge is 2.29. The van der Waals surface area contributed by atoms with Crippen LogP contribution in [0.25, 0.3) is 33.7 Å². The molecular weight excluding hydrogens is 421 g/mol. The molecule has 166 valence electrons. The summed E-state index contributed by atoms with van der Waals surface area (Å²) in [6.45, 7) is 1.96. The molecule has 9 nitrogen and oxygen atoms in total. The highest BCUT2D eigenvalue weighted by molar-refractivity contribution is 5.89. The van der Waals surface area contributed by atoms with Gasteiger partial charge < -0.3 is 10.3 Å². The molecule has 0 saturated heterocycles. The van der Waals surface area contributed by atoms with Gasteiger partial charge >= 0.3 is 0 Å². The van der Waals surface area contributed by atoms with Gasteiger partial charge in [0.15, 0.2) is 11.6 Å². The van der Waals surface area contributed by atoms with Crippen molar-refractivity contribution in [2.45, 2.75) is 32.1 Å². The van der Waals surface area contributed by atoms with E-state index in [0.29, 0.717) is 41.1 Å². The van der Waals surface area contributed by atoms with Crippen molar-refractivity contribution in [2.24, 2.45) is 7.05 Å². The summed E-state index contributed by atoms with van der Waals surface area (Å²) in [5.41, 5.74) is 4.21. The van der Waals surface area contributed by atoms with Crippen molar-refractivity contribution in [1.29, 1.82) is 0 Å². The Kier molecular flexibility index (Phi) is 4.46. The molecule has 0 atom stereocenters. The Labute approximate surface area is 188 Å². The molecule has 1 fully saturated rings.